The zero-order valence-electron chi connectivity index (χ0n) is 12.3. The van der Waals surface area contributed by atoms with Crippen molar-refractivity contribution in [3.8, 4) is 0 Å². The van der Waals surface area contributed by atoms with Crippen LogP contribution >= 0.6 is 0 Å². The number of carboxylic acid groups (broad SMARTS) is 1. The molecule has 0 aromatic heterocycles. The van der Waals surface area contributed by atoms with Gasteiger partial charge in [0.05, 0.1) is 12.0 Å². The molecule has 0 spiro atoms. The highest BCUT2D eigenvalue weighted by molar-refractivity contribution is 5.84. The van der Waals surface area contributed by atoms with E-state index in [1.165, 1.54) is 0 Å². The van der Waals surface area contributed by atoms with Crippen LogP contribution in [0.5, 0.6) is 0 Å². The maximum atomic E-state index is 12.1. The van der Waals surface area contributed by atoms with Crippen molar-refractivity contribution in [2.75, 3.05) is 39.8 Å². The minimum absolute atomic E-state index is 0.00220. The smallest absolute Gasteiger partial charge is 0.309 e. The summed E-state index contributed by atoms with van der Waals surface area (Å²) < 4.78 is 0. The van der Waals surface area contributed by atoms with Gasteiger partial charge in [0.2, 0.25) is 11.8 Å². The molecule has 1 rings (SSSR count). The topological polar surface area (TPSA) is 90.0 Å². The second-order valence-corrected chi connectivity index (χ2v) is 5.70. The van der Waals surface area contributed by atoms with Crippen LogP contribution < -0.4 is 5.32 Å². The van der Waals surface area contributed by atoms with Gasteiger partial charge in [-0.05, 0) is 13.8 Å². The lowest BCUT2D eigenvalue weighted by molar-refractivity contribution is -0.152. The highest BCUT2D eigenvalue weighted by atomic mass is 16.4. The lowest BCUT2D eigenvalue weighted by Gasteiger charge is -2.35. The summed E-state index contributed by atoms with van der Waals surface area (Å²) in [6, 6.07) is 0. The van der Waals surface area contributed by atoms with Crippen LogP contribution in [0.2, 0.25) is 0 Å². The molecule has 2 amide bonds. The van der Waals surface area contributed by atoms with Gasteiger partial charge in [-0.1, -0.05) is 0 Å². The second-order valence-electron chi connectivity index (χ2n) is 5.70. The van der Waals surface area contributed by atoms with E-state index >= 15 is 0 Å². The first-order valence-corrected chi connectivity index (χ1v) is 6.70. The number of rotatable bonds is 5. The van der Waals surface area contributed by atoms with Crippen molar-refractivity contribution in [1.29, 1.82) is 0 Å². The molecule has 1 saturated heterocycles. The third kappa shape index (κ3) is 4.48. The molecule has 0 unspecified atom stereocenters. The molecule has 0 aliphatic carbocycles. The van der Waals surface area contributed by atoms with Crippen LogP contribution in [0.4, 0.5) is 0 Å². The minimum atomic E-state index is -1.05. The first-order valence-electron chi connectivity index (χ1n) is 6.70. The van der Waals surface area contributed by atoms with Crippen molar-refractivity contribution in [2.45, 2.75) is 20.3 Å². The van der Waals surface area contributed by atoms with Crippen molar-refractivity contribution in [2.24, 2.45) is 5.41 Å². The number of carbonyl (C=O) groups is 3. The van der Waals surface area contributed by atoms with Crippen LogP contribution in [0.25, 0.3) is 0 Å². The summed E-state index contributed by atoms with van der Waals surface area (Å²) in [5.41, 5.74) is -1.05. The van der Waals surface area contributed by atoms with Gasteiger partial charge < -0.3 is 15.3 Å². The van der Waals surface area contributed by atoms with Crippen LogP contribution in [0.1, 0.15) is 20.3 Å². The molecule has 114 valence electrons. The summed E-state index contributed by atoms with van der Waals surface area (Å²) in [4.78, 5) is 38.0. The monoisotopic (exact) mass is 285 g/mol. The number of aliphatic carboxylic acids is 1. The van der Waals surface area contributed by atoms with Crippen LogP contribution in [0.15, 0.2) is 0 Å². The van der Waals surface area contributed by atoms with Gasteiger partial charge >= 0.3 is 5.97 Å². The molecule has 2 N–H and O–H groups in total. The highest BCUT2D eigenvalue weighted by Crippen LogP contribution is 2.22. The Balaban J connectivity index is 2.43. The molecule has 1 aliphatic heterocycles. The van der Waals surface area contributed by atoms with Crippen molar-refractivity contribution in [3.63, 3.8) is 0 Å². The summed E-state index contributed by atoms with van der Waals surface area (Å²) in [5.74, 6) is -1.15. The molecule has 7 nitrogen and oxygen atoms in total. The highest BCUT2D eigenvalue weighted by Gasteiger charge is 2.33. The number of likely N-dealkylation sites (N-methyl/N-ethyl adjacent to an activating group) is 1. The molecule has 20 heavy (non-hydrogen) atoms. The van der Waals surface area contributed by atoms with E-state index in [1.807, 2.05) is 4.90 Å². The molecule has 0 bridgehead atoms. The van der Waals surface area contributed by atoms with Gasteiger partial charge in [0.1, 0.15) is 0 Å². The largest absolute Gasteiger partial charge is 0.481 e. The second kappa shape index (κ2) is 6.69. The lowest BCUT2D eigenvalue weighted by atomic mass is 9.89. The molecule has 7 heteroatoms. The third-order valence-corrected chi connectivity index (χ3v) is 3.54. The number of piperazine rings is 1. The molecule has 1 heterocycles. The lowest BCUT2D eigenvalue weighted by Crippen LogP contribution is -2.51. The molecule has 0 atom stereocenters. The Labute approximate surface area is 118 Å². The van der Waals surface area contributed by atoms with Crippen LogP contribution in [0, 0.1) is 5.41 Å². The Morgan fingerprint density at radius 3 is 2.15 bits per heavy atom. The average Bonchev–Trinajstić information content (AvgIpc) is 2.38. The predicted octanol–water partition coefficient (Wildman–Crippen LogP) is -0.622. The van der Waals surface area contributed by atoms with Crippen molar-refractivity contribution in [3.05, 3.63) is 0 Å². The molecule has 0 saturated carbocycles. The van der Waals surface area contributed by atoms with Crippen LogP contribution in [0.3, 0.4) is 0 Å². The van der Waals surface area contributed by atoms with E-state index in [4.69, 9.17) is 5.11 Å². The number of nitrogens with zero attached hydrogens (tertiary/aromatic N) is 2. The Kier molecular flexibility index (Phi) is 5.50. The predicted molar refractivity (Wildman–Crippen MR) is 73.1 cm³/mol. The van der Waals surface area contributed by atoms with E-state index in [2.05, 4.69) is 5.32 Å². The van der Waals surface area contributed by atoms with E-state index in [-0.39, 0.29) is 18.2 Å². The molecule has 0 aromatic carbocycles. The average molecular weight is 285 g/mol. The summed E-state index contributed by atoms with van der Waals surface area (Å²) in [6.45, 7) is 5.76. The quantitative estimate of drug-likeness (QED) is 0.702. The fourth-order valence-corrected chi connectivity index (χ4v) is 2.00. The fourth-order valence-electron chi connectivity index (χ4n) is 2.00. The van der Waals surface area contributed by atoms with Gasteiger partial charge in [-0.3, -0.25) is 19.3 Å². The number of carbonyl (C=O) groups excluding carboxylic acids is 2. The van der Waals surface area contributed by atoms with Crippen molar-refractivity contribution in [1.82, 2.24) is 15.1 Å². The fraction of sp³-hybridized carbons (Fsp3) is 0.769. The number of hydrogen-bond donors (Lipinski definition) is 2. The normalized spacial score (nSPS) is 16.9. The van der Waals surface area contributed by atoms with Crippen molar-refractivity contribution < 1.29 is 19.5 Å². The van der Waals surface area contributed by atoms with E-state index in [1.54, 1.807) is 25.8 Å². The standard InChI is InChI=1S/C13H23N3O4/c1-13(2,12(19)20)8-11(18)16-6-4-15(5-7-16)9-10(17)14-3/h4-9H2,1-3H3,(H,14,17)(H,19,20). The summed E-state index contributed by atoms with van der Waals surface area (Å²) in [7, 11) is 1.59. The van der Waals surface area contributed by atoms with Gasteiger partial charge in [-0.25, -0.2) is 0 Å². The van der Waals surface area contributed by atoms with Gasteiger partial charge in [-0.2, -0.15) is 0 Å². The number of nitrogens with one attached hydrogen (secondary N) is 1. The van der Waals surface area contributed by atoms with Gasteiger partial charge in [0.15, 0.2) is 0 Å². The molecular formula is C13H23N3O4. The number of hydrogen-bond acceptors (Lipinski definition) is 4. The first-order chi connectivity index (χ1) is 9.26. The zero-order valence-corrected chi connectivity index (χ0v) is 12.3. The number of amides is 2. The Hall–Kier alpha value is -1.63. The maximum Gasteiger partial charge on any atom is 0.309 e. The van der Waals surface area contributed by atoms with Gasteiger partial charge in [-0.15, -0.1) is 0 Å². The minimum Gasteiger partial charge on any atom is -0.481 e. The molecule has 1 fully saturated rings. The molecule has 0 radical (unpaired) electrons. The SMILES string of the molecule is CNC(=O)CN1CCN(C(=O)CC(C)(C)C(=O)O)CC1. The van der Waals surface area contributed by atoms with E-state index < -0.39 is 11.4 Å². The van der Waals surface area contributed by atoms with Crippen LogP contribution in [-0.2, 0) is 14.4 Å². The maximum absolute atomic E-state index is 12.1. The van der Waals surface area contributed by atoms with Crippen molar-refractivity contribution >= 4 is 17.8 Å². The Morgan fingerprint density at radius 1 is 1.15 bits per heavy atom. The van der Waals surface area contributed by atoms with E-state index in [0.29, 0.717) is 32.7 Å². The Morgan fingerprint density at radius 2 is 1.70 bits per heavy atom. The molecule has 0 aromatic rings. The first kappa shape index (κ1) is 16.4. The summed E-state index contributed by atoms with van der Waals surface area (Å²) in [6.07, 6.45) is -0.00220. The Bertz CT molecular complexity index is 387. The van der Waals surface area contributed by atoms with E-state index in [9.17, 15) is 14.4 Å². The van der Waals surface area contributed by atoms with E-state index in [0.717, 1.165) is 0 Å². The molecular weight excluding hydrogens is 262 g/mol. The zero-order chi connectivity index (χ0) is 15.3. The molecule has 1 aliphatic rings. The van der Waals surface area contributed by atoms with Gasteiger partial charge in [0, 0.05) is 39.6 Å². The van der Waals surface area contributed by atoms with Gasteiger partial charge in [0.25, 0.3) is 0 Å². The number of carboxylic acids is 1. The third-order valence-electron chi connectivity index (χ3n) is 3.54. The van der Waals surface area contributed by atoms with Crippen LogP contribution in [-0.4, -0.2) is 72.5 Å². The summed E-state index contributed by atoms with van der Waals surface area (Å²) >= 11 is 0. The summed E-state index contributed by atoms with van der Waals surface area (Å²) in [5, 5.41) is 11.6.